The van der Waals surface area contributed by atoms with Crippen LogP contribution in [0.5, 0.6) is 0 Å². The largest absolute Gasteiger partial charge is 0.301 e. The fraction of sp³-hybridized carbons (Fsp3) is 0.600. The highest BCUT2D eigenvalue weighted by Crippen LogP contribution is 1.69. The molecule has 0 aliphatic rings. The summed E-state index contributed by atoms with van der Waals surface area (Å²) >= 11 is 2.29. The Hall–Kier alpha value is -0.290. The number of hydrogen-bond acceptors (Lipinski definition) is 1. The maximum Gasteiger partial charge on any atom is 0.298 e. The molecule has 44 valence electrons. The summed E-state index contributed by atoms with van der Waals surface area (Å²) in [6, 6.07) is 1.66. The van der Waals surface area contributed by atoms with Crippen LogP contribution in [0.2, 0.25) is 0 Å². The summed E-state index contributed by atoms with van der Waals surface area (Å²) in [6.45, 7) is 8.10. The Kier molecular flexibility index (Phi) is 21.2. The van der Waals surface area contributed by atoms with E-state index in [1.165, 1.54) is 4.43 Å². The van der Waals surface area contributed by atoms with E-state index in [2.05, 4.69) is 34.4 Å². The van der Waals surface area contributed by atoms with Crippen molar-refractivity contribution >= 4 is 22.6 Å². The van der Waals surface area contributed by atoms with Gasteiger partial charge in [-0.15, -0.1) is 0 Å². The summed E-state index contributed by atoms with van der Waals surface area (Å²) in [7, 11) is 0. The summed E-state index contributed by atoms with van der Waals surface area (Å²) in [6.07, 6.45) is 0. The van der Waals surface area contributed by atoms with E-state index in [0.717, 1.165) is 0 Å². The molecule has 0 atom stereocenters. The molecule has 0 aliphatic heterocycles. The van der Waals surface area contributed by atoms with Crippen LogP contribution in [0, 0.1) is 17.9 Å². The van der Waals surface area contributed by atoms with Crippen LogP contribution in [0.3, 0.4) is 0 Å². The van der Waals surface area contributed by atoms with E-state index in [9.17, 15) is 0 Å². The Labute approximate surface area is 63.5 Å². The standard InChI is InChI=1S/C3H2N2.C2H5I/c1-5-3-2-4;1-2-3/h3H2;2H2,1H3. The van der Waals surface area contributed by atoms with Gasteiger partial charge < -0.3 is 4.85 Å². The zero-order valence-corrected chi connectivity index (χ0v) is 6.84. The van der Waals surface area contributed by atoms with Gasteiger partial charge in [0, 0.05) is 0 Å². The van der Waals surface area contributed by atoms with Gasteiger partial charge in [-0.2, -0.15) is 5.26 Å². The fourth-order valence-corrected chi connectivity index (χ4v) is 0.0354. The van der Waals surface area contributed by atoms with Gasteiger partial charge >= 0.3 is 0 Å². The molecule has 0 unspecified atom stereocenters. The second-order valence-electron chi connectivity index (χ2n) is 0.742. The molecular formula is C5H7IN2. The minimum atomic E-state index is -0.0139. The van der Waals surface area contributed by atoms with Gasteiger partial charge in [0.15, 0.2) is 0 Å². The zero-order chi connectivity index (χ0) is 6.83. The van der Waals surface area contributed by atoms with E-state index in [0.29, 0.717) is 0 Å². The van der Waals surface area contributed by atoms with Crippen LogP contribution in [0.1, 0.15) is 6.92 Å². The van der Waals surface area contributed by atoms with Gasteiger partial charge in [0.1, 0.15) is 6.07 Å². The third-order valence-corrected chi connectivity index (χ3v) is 0.150. The Bertz CT molecular complexity index is 86.0. The quantitative estimate of drug-likeness (QED) is 0.266. The van der Waals surface area contributed by atoms with Crippen molar-refractivity contribution in [3.63, 3.8) is 0 Å². The summed E-state index contributed by atoms with van der Waals surface area (Å²) in [5, 5.41) is 7.60. The smallest absolute Gasteiger partial charge is 0.298 e. The van der Waals surface area contributed by atoms with Crippen LogP contribution in [0.25, 0.3) is 4.85 Å². The Balaban J connectivity index is 0. The Morgan fingerprint density at radius 2 is 2.25 bits per heavy atom. The van der Waals surface area contributed by atoms with Crippen molar-refractivity contribution in [3.8, 4) is 6.07 Å². The second-order valence-corrected chi connectivity index (χ2v) is 2.27. The molecule has 0 bridgehead atoms. The normalized spacial score (nSPS) is 5.00. The molecule has 0 spiro atoms. The van der Waals surface area contributed by atoms with Crippen molar-refractivity contribution in [2.45, 2.75) is 6.92 Å². The molecule has 0 aliphatic carbocycles. The third kappa shape index (κ3) is 43.3. The van der Waals surface area contributed by atoms with Crippen molar-refractivity contribution in [2.75, 3.05) is 11.0 Å². The molecule has 0 aromatic rings. The first-order valence-corrected chi connectivity index (χ1v) is 3.62. The van der Waals surface area contributed by atoms with Crippen LogP contribution >= 0.6 is 22.6 Å². The van der Waals surface area contributed by atoms with Gasteiger partial charge in [0.25, 0.3) is 6.54 Å². The molecule has 0 radical (unpaired) electrons. The van der Waals surface area contributed by atoms with Gasteiger partial charge in [-0.05, 0) is 4.43 Å². The molecule has 3 heteroatoms. The minimum absolute atomic E-state index is 0.0139. The van der Waals surface area contributed by atoms with Crippen LogP contribution in [0.4, 0.5) is 0 Å². The topological polar surface area (TPSA) is 28.1 Å². The number of alkyl halides is 1. The third-order valence-electron chi connectivity index (χ3n) is 0.150. The summed E-state index contributed by atoms with van der Waals surface area (Å²) in [5.41, 5.74) is 0. The van der Waals surface area contributed by atoms with E-state index in [1.807, 2.05) is 0 Å². The summed E-state index contributed by atoms with van der Waals surface area (Å²) < 4.78 is 1.22. The molecule has 0 saturated heterocycles. The summed E-state index contributed by atoms with van der Waals surface area (Å²) in [5.74, 6) is 0. The maximum absolute atomic E-state index is 7.60. The van der Waals surface area contributed by atoms with Crippen LogP contribution in [-0.2, 0) is 0 Å². The number of hydrogen-bond donors (Lipinski definition) is 0. The number of halogens is 1. The maximum atomic E-state index is 7.60. The van der Waals surface area contributed by atoms with E-state index in [1.54, 1.807) is 6.07 Å². The van der Waals surface area contributed by atoms with Crippen LogP contribution in [-0.4, -0.2) is 11.0 Å². The molecule has 0 N–H and O–H groups in total. The molecule has 0 rings (SSSR count). The molecule has 0 fully saturated rings. The highest BCUT2D eigenvalue weighted by Gasteiger charge is 1.64. The number of nitriles is 1. The van der Waals surface area contributed by atoms with Gasteiger partial charge in [0.2, 0.25) is 0 Å². The predicted molar refractivity (Wildman–Crippen MR) is 41.6 cm³/mol. The van der Waals surface area contributed by atoms with Gasteiger partial charge in [-0.3, -0.25) is 0 Å². The first kappa shape index (κ1) is 10.6. The van der Waals surface area contributed by atoms with Crippen LogP contribution < -0.4 is 0 Å². The van der Waals surface area contributed by atoms with Crippen molar-refractivity contribution in [2.24, 2.45) is 0 Å². The van der Waals surface area contributed by atoms with E-state index >= 15 is 0 Å². The lowest BCUT2D eigenvalue weighted by atomic mass is 10.8. The zero-order valence-electron chi connectivity index (χ0n) is 4.69. The predicted octanol–water partition coefficient (Wildman–Crippen LogP) is 1.87. The number of rotatable bonds is 0. The molecule has 2 nitrogen and oxygen atoms in total. The van der Waals surface area contributed by atoms with Gasteiger partial charge in [-0.25, -0.2) is 6.57 Å². The monoisotopic (exact) mass is 222 g/mol. The van der Waals surface area contributed by atoms with Gasteiger partial charge in [-0.1, -0.05) is 29.5 Å². The molecular weight excluding hydrogens is 215 g/mol. The highest BCUT2D eigenvalue weighted by molar-refractivity contribution is 14.1. The first-order valence-electron chi connectivity index (χ1n) is 2.09. The Morgan fingerprint density at radius 1 is 1.88 bits per heavy atom. The average Bonchev–Trinajstić information content (AvgIpc) is 1.71. The summed E-state index contributed by atoms with van der Waals surface area (Å²) in [4.78, 5) is 2.74. The molecule has 0 aromatic carbocycles. The van der Waals surface area contributed by atoms with Crippen LogP contribution in [0.15, 0.2) is 0 Å². The number of nitrogens with zero attached hydrogens (tertiary/aromatic N) is 2. The fourth-order valence-electron chi connectivity index (χ4n) is 0.0354. The van der Waals surface area contributed by atoms with Crippen molar-refractivity contribution in [3.05, 3.63) is 11.4 Å². The van der Waals surface area contributed by atoms with Crippen molar-refractivity contribution in [1.29, 1.82) is 5.26 Å². The molecule has 0 heterocycles. The van der Waals surface area contributed by atoms with Crippen molar-refractivity contribution in [1.82, 2.24) is 0 Å². The Morgan fingerprint density at radius 3 is 2.25 bits per heavy atom. The molecule has 0 amide bonds. The lowest BCUT2D eigenvalue weighted by Gasteiger charge is -1.49. The second kappa shape index (κ2) is 15.9. The van der Waals surface area contributed by atoms with E-state index in [4.69, 9.17) is 11.8 Å². The first-order chi connectivity index (χ1) is 3.83. The molecule has 0 saturated carbocycles. The molecule has 0 aromatic heterocycles. The SMILES string of the molecule is CCI.[C-]#[N+]CC#N. The molecule has 8 heavy (non-hydrogen) atoms. The van der Waals surface area contributed by atoms with Crippen molar-refractivity contribution < 1.29 is 0 Å². The van der Waals surface area contributed by atoms with E-state index in [-0.39, 0.29) is 6.54 Å². The average molecular weight is 222 g/mol. The minimum Gasteiger partial charge on any atom is -0.301 e. The lowest BCUT2D eigenvalue weighted by Crippen LogP contribution is -1.56. The van der Waals surface area contributed by atoms with E-state index < -0.39 is 0 Å². The lowest BCUT2D eigenvalue weighted by molar-refractivity contribution is 1.43. The van der Waals surface area contributed by atoms with Gasteiger partial charge in [0.05, 0.1) is 0 Å². The highest BCUT2D eigenvalue weighted by atomic mass is 127.